The molecule has 6 N–H and O–H groups in total. The second kappa shape index (κ2) is 25.5. The van der Waals surface area contributed by atoms with E-state index in [1.165, 1.54) is 0 Å². The Kier molecular flexibility index (Phi) is 19.6. The molecule has 3 aromatic rings. The number of unbranched alkanes of at least 4 members (excludes halogenated alkanes) is 2. The second-order valence-electron chi connectivity index (χ2n) is 16.1. The summed E-state index contributed by atoms with van der Waals surface area (Å²) in [6.07, 6.45) is 1.24. The zero-order valence-corrected chi connectivity index (χ0v) is 36.8. The fraction of sp³-hybridized carbons (Fsp3) is 0.478. The Morgan fingerprint density at radius 3 is 1.73 bits per heavy atom. The van der Waals surface area contributed by atoms with Gasteiger partial charge in [-0.25, -0.2) is 14.4 Å². The normalized spacial score (nSPS) is 17.1. The lowest BCUT2D eigenvalue weighted by molar-refractivity contribution is -0.151. The number of hydrogen-bond donors (Lipinski definition) is 6. The van der Waals surface area contributed by atoms with Gasteiger partial charge in [0.05, 0.1) is 0 Å². The van der Waals surface area contributed by atoms with Crippen LogP contribution in [0.4, 0.5) is 9.59 Å². The van der Waals surface area contributed by atoms with Crippen LogP contribution in [0.5, 0.6) is 0 Å². The molecule has 0 bridgehead atoms. The van der Waals surface area contributed by atoms with E-state index in [0.717, 1.165) is 22.4 Å². The van der Waals surface area contributed by atoms with Gasteiger partial charge in [-0.3, -0.25) is 23.5 Å². The van der Waals surface area contributed by atoms with Crippen LogP contribution in [0.15, 0.2) is 91.0 Å². The Hall–Kier alpha value is -5.77. The summed E-state index contributed by atoms with van der Waals surface area (Å²) in [5, 5.41) is 20.7. The molecule has 0 spiro atoms. The third kappa shape index (κ3) is 16.1. The number of carboxylic acid groups (broad SMARTS) is 1. The first-order valence-corrected chi connectivity index (χ1v) is 23.6. The monoisotopic (exact) mass is 905 g/mol. The van der Waals surface area contributed by atoms with E-state index in [2.05, 4.69) is 21.3 Å². The van der Waals surface area contributed by atoms with Crippen LogP contribution >= 0.6 is 7.60 Å². The molecule has 346 valence electrons. The van der Waals surface area contributed by atoms with Crippen LogP contribution < -0.4 is 21.3 Å². The summed E-state index contributed by atoms with van der Waals surface area (Å²) >= 11 is 0. The fourth-order valence-electron chi connectivity index (χ4n) is 7.39. The number of nitrogens with zero attached hydrogens (tertiary/aromatic N) is 1. The fourth-order valence-corrected chi connectivity index (χ4v) is 8.82. The third-order valence-electron chi connectivity index (χ3n) is 11.2. The minimum absolute atomic E-state index is 0.0726. The van der Waals surface area contributed by atoms with Gasteiger partial charge in [-0.2, -0.15) is 0 Å². The van der Waals surface area contributed by atoms with Gasteiger partial charge in [-0.05, 0) is 80.9 Å². The lowest BCUT2D eigenvalue weighted by Crippen LogP contribution is -2.52. The molecule has 3 aromatic carbocycles. The molecular weight excluding hydrogens is 846 g/mol. The van der Waals surface area contributed by atoms with Gasteiger partial charge < -0.3 is 45.6 Å². The lowest BCUT2D eigenvalue weighted by atomic mass is 9.84. The van der Waals surface area contributed by atoms with Crippen LogP contribution in [0.2, 0.25) is 0 Å². The van der Waals surface area contributed by atoms with E-state index in [1.807, 2.05) is 60.7 Å². The van der Waals surface area contributed by atoms with E-state index in [1.54, 1.807) is 30.3 Å². The summed E-state index contributed by atoms with van der Waals surface area (Å²) < 4.78 is 30.9. The second-order valence-corrected chi connectivity index (χ2v) is 18.0. The Morgan fingerprint density at radius 2 is 1.22 bits per heavy atom. The van der Waals surface area contributed by atoms with Crippen molar-refractivity contribution in [3.05, 3.63) is 108 Å². The molecule has 18 heteroatoms. The van der Waals surface area contributed by atoms with Crippen LogP contribution in [0.3, 0.4) is 0 Å². The number of alkyl carbamates (subject to hydrolysis) is 2. The molecule has 64 heavy (non-hydrogen) atoms. The first-order valence-electron chi connectivity index (χ1n) is 22.0. The molecule has 17 nitrogen and oxygen atoms in total. The number of aliphatic carboxylic acids is 1. The molecule has 1 heterocycles. The molecule has 5 atom stereocenters. The molecule has 2 aliphatic rings. The lowest BCUT2D eigenvalue weighted by Gasteiger charge is -2.32. The van der Waals surface area contributed by atoms with Gasteiger partial charge in [0.1, 0.15) is 37.2 Å². The Morgan fingerprint density at radius 1 is 0.688 bits per heavy atom. The minimum Gasteiger partial charge on any atom is -0.480 e. The van der Waals surface area contributed by atoms with Crippen molar-refractivity contribution in [2.75, 3.05) is 19.6 Å². The van der Waals surface area contributed by atoms with Crippen LogP contribution in [-0.4, -0.2) is 94.4 Å². The van der Waals surface area contributed by atoms with Crippen molar-refractivity contribution in [1.29, 1.82) is 0 Å². The number of likely N-dealkylation sites (tertiary alicyclic amines) is 1. The number of carboxylic acids is 1. The summed E-state index contributed by atoms with van der Waals surface area (Å²) in [7, 11) is -4.98. The zero-order chi connectivity index (χ0) is 45.7. The van der Waals surface area contributed by atoms with Crippen molar-refractivity contribution < 1.29 is 57.3 Å². The number of rotatable bonds is 25. The quantitative estimate of drug-likeness (QED) is 0.0437. The topological polar surface area (TPSA) is 239 Å². The van der Waals surface area contributed by atoms with Gasteiger partial charge in [0.15, 0.2) is 0 Å². The predicted octanol–water partition coefficient (Wildman–Crippen LogP) is 5.80. The van der Waals surface area contributed by atoms with E-state index in [4.69, 9.17) is 14.0 Å². The highest BCUT2D eigenvalue weighted by Crippen LogP contribution is 2.50. The maximum atomic E-state index is 14.5. The van der Waals surface area contributed by atoms with Crippen molar-refractivity contribution >= 4 is 43.5 Å². The van der Waals surface area contributed by atoms with E-state index in [9.17, 15) is 43.3 Å². The van der Waals surface area contributed by atoms with Crippen molar-refractivity contribution in [1.82, 2.24) is 26.2 Å². The first kappa shape index (κ1) is 49.2. The van der Waals surface area contributed by atoms with Gasteiger partial charge in [-0.1, -0.05) is 97.4 Å². The Balaban J connectivity index is 1.24. The van der Waals surface area contributed by atoms with Crippen LogP contribution in [0.25, 0.3) is 0 Å². The number of carbonyl (C=O) groups is 6. The number of carbonyl (C=O) groups excluding carboxylic acids is 5. The van der Waals surface area contributed by atoms with E-state index < -0.39 is 61.5 Å². The van der Waals surface area contributed by atoms with Crippen molar-refractivity contribution in [3.63, 3.8) is 0 Å². The summed E-state index contributed by atoms with van der Waals surface area (Å²) in [5.41, 5.74) is 2.22. The molecule has 2 unspecified atom stereocenters. The molecule has 1 saturated heterocycles. The van der Waals surface area contributed by atoms with E-state index in [0.29, 0.717) is 44.1 Å². The first-order chi connectivity index (χ1) is 30.9. The molecule has 1 saturated carbocycles. The highest BCUT2D eigenvalue weighted by Gasteiger charge is 2.43. The Labute approximate surface area is 373 Å². The smallest absolute Gasteiger partial charge is 0.407 e. The average molecular weight is 906 g/mol. The van der Waals surface area contributed by atoms with Gasteiger partial charge in [-0.15, -0.1) is 0 Å². The molecule has 1 aliphatic heterocycles. The van der Waals surface area contributed by atoms with Gasteiger partial charge in [0.2, 0.25) is 11.8 Å². The summed E-state index contributed by atoms with van der Waals surface area (Å²) in [5.74, 6) is -4.87. The molecule has 0 radical (unpaired) electrons. The SMILES string of the molecule is O=C(NCCCC[C@H](NC(=O)C1CCC1)C(=O)NC(Cc1ccccc1)P(=O)(O)O[C@@H](CCCCNC(=O)OCc1ccccc1)C(=O)N1CCC[C@H]1C(=O)O)OCc1ccccc1. The predicted molar refractivity (Wildman–Crippen MR) is 235 cm³/mol. The number of nitrogens with one attached hydrogen (secondary N) is 4. The number of hydrogen-bond acceptors (Lipinski definition) is 10. The number of benzene rings is 3. The van der Waals surface area contributed by atoms with Crippen LogP contribution in [0.1, 0.15) is 87.3 Å². The maximum Gasteiger partial charge on any atom is 0.407 e. The standard InChI is InChI=1S/C46H60N5O12P/c52-41(36-22-14-23-36)49-37(24-10-12-27-47-45(57)61-31-34-18-6-2-7-19-34)42(53)50-40(30-33-16-4-1-5-17-33)64(59,60)63-39(43(54)51-29-15-25-38(51)44(55)56)26-11-13-28-48-46(58)62-32-35-20-8-3-9-21-35/h1-9,16-21,36-40H,10-15,22-32H2,(H,47,57)(H,48,58)(H,49,52)(H,50,53)(H,55,56)(H,59,60)/t37-,38-,39-,40?/m0/s1. The van der Waals surface area contributed by atoms with Gasteiger partial charge >= 0.3 is 25.8 Å². The van der Waals surface area contributed by atoms with Crippen LogP contribution in [0, 0.1) is 5.92 Å². The maximum absolute atomic E-state index is 14.5. The largest absolute Gasteiger partial charge is 0.480 e. The zero-order valence-electron chi connectivity index (χ0n) is 35.9. The summed E-state index contributed by atoms with van der Waals surface area (Å²) in [6.45, 7) is 0.673. The highest BCUT2D eigenvalue weighted by atomic mass is 31.2. The molecular formula is C46H60N5O12P. The molecule has 5 rings (SSSR count). The van der Waals surface area contributed by atoms with Gasteiger partial charge in [0, 0.05) is 32.0 Å². The van der Waals surface area contributed by atoms with E-state index in [-0.39, 0.29) is 76.8 Å². The Bertz CT molecular complexity index is 2020. The molecule has 1 aliphatic carbocycles. The number of ether oxygens (including phenoxy) is 2. The summed E-state index contributed by atoms with van der Waals surface area (Å²) in [6, 6.07) is 24.7. The van der Waals surface area contributed by atoms with Crippen molar-refractivity contribution in [2.24, 2.45) is 5.92 Å². The van der Waals surface area contributed by atoms with Crippen molar-refractivity contribution in [2.45, 2.75) is 114 Å². The van der Waals surface area contributed by atoms with E-state index >= 15 is 0 Å². The van der Waals surface area contributed by atoms with Gasteiger partial charge in [0.25, 0.3) is 5.91 Å². The highest BCUT2D eigenvalue weighted by molar-refractivity contribution is 7.53. The third-order valence-corrected chi connectivity index (χ3v) is 12.9. The minimum atomic E-state index is -4.98. The molecule has 0 aromatic heterocycles. The summed E-state index contributed by atoms with van der Waals surface area (Å²) in [4.78, 5) is 90.9. The number of amides is 5. The van der Waals surface area contributed by atoms with Crippen molar-refractivity contribution in [3.8, 4) is 0 Å². The average Bonchev–Trinajstić information content (AvgIpc) is 3.77. The van der Waals surface area contributed by atoms with Crippen LogP contribution in [-0.2, 0) is 57.4 Å². The molecule has 2 fully saturated rings. The molecule has 5 amide bonds.